The lowest BCUT2D eigenvalue weighted by Gasteiger charge is -2.35. The molecule has 2 aliphatic rings. The van der Waals surface area contributed by atoms with Crippen LogP contribution in [0.1, 0.15) is 74.8 Å². The maximum absolute atomic E-state index is 14.0. The number of carbonyl (C=O) groups excluding carboxylic acids is 4. The van der Waals surface area contributed by atoms with Crippen LogP contribution in [-0.4, -0.2) is 72.0 Å². The largest absolute Gasteiger partial charge is 0.511 e. The monoisotopic (exact) mass is 664 g/mol. The number of amides is 2. The third-order valence-corrected chi connectivity index (χ3v) is 9.43. The Morgan fingerprint density at radius 1 is 1.00 bits per heavy atom. The van der Waals surface area contributed by atoms with Crippen LogP contribution >= 0.6 is 0 Å². The molecule has 4 atom stereocenters. The van der Waals surface area contributed by atoms with Crippen molar-refractivity contribution in [1.29, 1.82) is 0 Å². The Labute approximate surface area is 279 Å². The topological polar surface area (TPSA) is 153 Å². The van der Waals surface area contributed by atoms with Gasteiger partial charge in [0.05, 0.1) is 6.61 Å². The minimum Gasteiger partial charge on any atom is -0.435 e. The van der Waals surface area contributed by atoms with Crippen molar-refractivity contribution >= 4 is 40.5 Å². The molecule has 0 radical (unpaired) electrons. The number of fused-ring (bicyclic) bond motifs is 1. The summed E-state index contributed by atoms with van der Waals surface area (Å²) in [6.45, 7) is 5.15. The number of esters is 1. The summed E-state index contributed by atoms with van der Waals surface area (Å²) in [6.07, 6.45) is 1.21. The third kappa shape index (κ3) is 7.98. The number of ether oxygens (including phenoxy) is 3. The van der Waals surface area contributed by atoms with E-state index in [1.54, 1.807) is 49.9 Å². The lowest BCUT2D eigenvalue weighted by molar-refractivity contribution is -0.141. The van der Waals surface area contributed by atoms with Gasteiger partial charge in [0.15, 0.2) is 0 Å². The van der Waals surface area contributed by atoms with Crippen molar-refractivity contribution in [3.63, 3.8) is 0 Å². The van der Waals surface area contributed by atoms with E-state index in [0.29, 0.717) is 55.2 Å². The third-order valence-electron chi connectivity index (χ3n) is 9.43. The maximum atomic E-state index is 14.0. The highest BCUT2D eigenvalue weighted by Crippen LogP contribution is 2.38. The number of nitrogens with zero attached hydrogens (tertiary/aromatic N) is 1. The SMILES string of the molecule is CCOC(=O)OC(OC(=O)c1cc2cc(NC(=O)[C@@H]3[C@@H](c4ccccc4)CCN3C(=O)C3CCC([C@H](N)CF)CC3)ccc2[nH]1)C(C)C. The van der Waals surface area contributed by atoms with Crippen LogP contribution < -0.4 is 11.1 Å². The molecule has 12 heteroatoms. The van der Waals surface area contributed by atoms with E-state index in [9.17, 15) is 23.6 Å². The number of likely N-dealkylation sites (tertiary alicyclic amines) is 1. The van der Waals surface area contributed by atoms with Crippen LogP contribution in [-0.2, 0) is 23.8 Å². The van der Waals surface area contributed by atoms with Crippen LogP contribution in [0, 0.1) is 17.8 Å². The zero-order valence-electron chi connectivity index (χ0n) is 27.7. The number of halogens is 1. The lowest BCUT2D eigenvalue weighted by Crippen LogP contribution is -2.48. The van der Waals surface area contributed by atoms with E-state index in [-0.39, 0.29) is 47.8 Å². The number of benzene rings is 2. The number of rotatable bonds is 11. The van der Waals surface area contributed by atoms with Gasteiger partial charge in [0.2, 0.25) is 11.8 Å². The molecule has 1 aromatic heterocycles. The summed E-state index contributed by atoms with van der Waals surface area (Å²) in [5, 5.41) is 3.67. The molecule has 2 fully saturated rings. The van der Waals surface area contributed by atoms with Gasteiger partial charge in [-0.3, -0.25) is 9.59 Å². The summed E-state index contributed by atoms with van der Waals surface area (Å²) in [4.78, 5) is 57.4. The predicted octanol–water partition coefficient (Wildman–Crippen LogP) is 5.91. The average Bonchev–Trinajstić information content (AvgIpc) is 3.73. The number of nitrogens with two attached hydrogens (primary N) is 1. The van der Waals surface area contributed by atoms with Gasteiger partial charge in [-0.2, -0.15) is 0 Å². The first kappa shape index (κ1) is 34.9. The van der Waals surface area contributed by atoms with Gasteiger partial charge < -0.3 is 35.1 Å². The molecule has 1 saturated heterocycles. The minimum atomic E-state index is -1.14. The van der Waals surface area contributed by atoms with Crippen molar-refractivity contribution < 1.29 is 37.8 Å². The van der Waals surface area contributed by atoms with E-state index in [1.165, 1.54) is 0 Å². The Balaban J connectivity index is 1.31. The first-order valence-electron chi connectivity index (χ1n) is 16.7. The normalized spacial score (nSPS) is 22.2. The summed E-state index contributed by atoms with van der Waals surface area (Å²) in [6, 6.07) is 15.3. The lowest BCUT2D eigenvalue weighted by atomic mass is 9.78. The number of alkyl halides is 1. The molecule has 1 saturated carbocycles. The smallest absolute Gasteiger partial charge is 0.435 e. The molecule has 11 nitrogen and oxygen atoms in total. The fraction of sp³-hybridized carbons (Fsp3) is 0.500. The Morgan fingerprint density at radius 2 is 1.73 bits per heavy atom. The van der Waals surface area contributed by atoms with E-state index in [1.807, 2.05) is 30.3 Å². The van der Waals surface area contributed by atoms with Gasteiger partial charge in [-0.25, -0.2) is 14.0 Å². The van der Waals surface area contributed by atoms with Crippen LogP contribution in [0.3, 0.4) is 0 Å². The van der Waals surface area contributed by atoms with Crippen LogP contribution in [0.25, 0.3) is 10.9 Å². The Hall–Kier alpha value is -4.45. The van der Waals surface area contributed by atoms with Crippen molar-refractivity contribution in [3.8, 4) is 0 Å². The van der Waals surface area contributed by atoms with Crippen LogP contribution in [0.5, 0.6) is 0 Å². The number of H-pyrrole nitrogens is 1. The molecule has 0 bridgehead atoms. The Morgan fingerprint density at radius 3 is 2.40 bits per heavy atom. The average molecular weight is 665 g/mol. The van der Waals surface area contributed by atoms with Gasteiger partial charge in [0, 0.05) is 46.9 Å². The summed E-state index contributed by atoms with van der Waals surface area (Å²) in [5.41, 5.74) is 8.22. The van der Waals surface area contributed by atoms with Crippen molar-refractivity contribution in [3.05, 3.63) is 65.9 Å². The van der Waals surface area contributed by atoms with Gasteiger partial charge in [0.1, 0.15) is 18.4 Å². The Kier molecular flexibility index (Phi) is 11.4. The van der Waals surface area contributed by atoms with Crippen LogP contribution in [0.4, 0.5) is 14.9 Å². The number of aromatic amines is 1. The highest BCUT2D eigenvalue weighted by atomic mass is 19.1. The number of carbonyl (C=O) groups is 4. The number of hydrogen-bond acceptors (Lipinski definition) is 8. The van der Waals surface area contributed by atoms with Gasteiger partial charge >= 0.3 is 12.1 Å². The van der Waals surface area contributed by atoms with Gasteiger partial charge in [-0.05, 0) is 74.8 Å². The highest BCUT2D eigenvalue weighted by molar-refractivity contribution is 6.01. The van der Waals surface area contributed by atoms with E-state index in [0.717, 1.165) is 5.56 Å². The van der Waals surface area contributed by atoms with E-state index >= 15 is 0 Å². The van der Waals surface area contributed by atoms with Crippen molar-refractivity contribution in [1.82, 2.24) is 9.88 Å². The van der Waals surface area contributed by atoms with E-state index < -0.39 is 37.2 Å². The summed E-state index contributed by atoms with van der Waals surface area (Å²) < 4.78 is 28.6. The van der Waals surface area contributed by atoms with Crippen molar-refractivity contribution in [2.75, 3.05) is 25.1 Å². The molecule has 1 unspecified atom stereocenters. The molecule has 258 valence electrons. The Bertz CT molecular complexity index is 1590. The summed E-state index contributed by atoms with van der Waals surface area (Å²) >= 11 is 0. The molecule has 2 amide bonds. The summed E-state index contributed by atoms with van der Waals surface area (Å²) in [5.74, 6) is -1.73. The second-order valence-corrected chi connectivity index (χ2v) is 13.0. The van der Waals surface area contributed by atoms with Crippen LogP contribution in [0.2, 0.25) is 0 Å². The minimum absolute atomic E-state index is 0.0447. The zero-order valence-corrected chi connectivity index (χ0v) is 27.7. The number of aromatic nitrogens is 1. The van der Waals surface area contributed by atoms with Gasteiger partial charge in [-0.15, -0.1) is 0 Å². The maximum Gasteiger partial charge on any atom is 0.511 e. The molecule has 48 heavy (non-hydrogen) atoms. The molecule has 0 spiro atoms. The molecule has 2 aromatic carbocycles. The molecular weight excluding hydrogens is 619 g/mol. The number of nitrogens with one attached hydrogen (secondary N) is 2. The first-order valence-corrected chi connectivity index (χ1v) is 16.7. The van der Waals surface area contributed by atoms with E-state index in [2.05, 4.69) is 10.3 Å². The van der Waals surface area contributed by atoms with E-state index in [4.69, 9.17) is 19.9 Å². The molecule has 3 aromatic rings. The van der Waals surface area contributed by atoms with Gasteiger partial charge in [-0.1, -0.05) is 44.2 Å². The zero-order chi connectivity index (χ0) is 34.4. The predicted molar refractivity (Wildman–Crippen MR) is 178 cm³/mol. The fourth-order valence-corrected chi connectivity index (χ4v) is 6.82. The molecule has 1 aliphatic carbocycles. The number of anilines is 1. The first-order chi connectivity index (χ1) is 23.1. The quantitative estimate of drug-likeness (QED) is 0.169. The molecule has 2 heterocycles. The molecular formula is C36H45FN4O7. The van der Waals surface area contributed by atoms with Gasteiger partial charge in [0.25, 0.3) is 6.29 Å². The summed E-state index contributed by atoms with van der Waals surface area (Å²) in [7, 11) is 0. The molecule has 4 N–H and O–H groups in total. The fourth-order valence-electron chi connectivity index (χ4n) is 6.82. The molecule has 1 aliphatic heterocycles. The molecule has 5 rings (SSSR count). The highest BCUT2D eigenvalue weighted by Gasteiger charge is 2.45. The van der Waals surface area contributed by atoms with Crippen molar-refractivity contribution in [2.24, 2.45) is 23.5 Å². The standard InChI is InChI=1S/C36H45FN4O7/c1-4-46-36(45)48-35(21(2)3)47-34(44)30-19-25-18-26(14-15-29(25)40-30)39-32(42)31-27(22-8-6-5-7-9-22)16-17-41(31)33(43)24-12-10-23(11-13-24)28(38)20-37/h5-9,14-15,18-19,21,23-24,27-28,31,35,40H,4,10-13,16-17,20,38H2,1-3H3,(H,39,42)/t23?,24?,27-,28-,31+,35?/m1/s1. The number of hydrogen-bond donors (Lipinski definition) is 3. The van der Waals surface area contributed by atoms with Crippen LogP contribution in [0.15, 0.2) is 54.6 Å². The second kappa shape index (κ2) is 15.6. The van der Waals surface area contributed by atoms with Crippen molar-refractivity contribution in [2.45, 2.75) is 77.2 Å². The second-order valence-electron chi connectivity index (χ2n) is 13.0.